The fraction of sp³-hybridized carbons (Fsp3) is 0.812. The summed E-state index contributed by atoms with van der Waals surface area (Å²) in [5.74, 6) is -1.39. The summed E-state index contributed by atoms with van der Waals surface area (Å²) in [6.45, 7) is 0.585. The van der Waals surface area contributed by atoms with E-state index in [0.717, 1.165) is 38.5 Å². The van der Waals surface area contributed by atoms with Gasteiger partial charge in [-0.2, -0.15) is 0 Å². The van der Waals surface area contributed by atoms with Gasteiger partial charge in [-0.1, -0.05) is 50.1 Å². The van der Waals surface area contributed by atoms with Crippen LogP contribution in [0.1, 0.15) is 77.0 Å². The molecule has 0 atom stereocenters. The predicted octanol–water partition coefficient (Wildman–Crippen LogP) is 3.80. The van der Waals surface area contributed by atoms with E-state index < -0.39 is 17.8 Å². The molecule has 2 amide bonds. The van der Waals surface area contributed by atoms with Crippen molar-refractivity contribution in [3.8, 4) is 0 Å². The van der Waals surface area contributed by atoms with Gasteiger partial charge in [0.25, 0.3) is 11.8 Å². The number of hydrogen-bond donors (Lipinski definition) is 0. The second-order valence-corrected chi connectivity index (χ2v) is 5.93. The smallest absolute Gasteiger partial charge is 0.330 e. The molecule has 1 fully saturated rings. The topological polar surface area (TPSA) is 112 Å². The Morgan fingerprint density at radius 2 is 1.46 bits per heavy atom. The second kappa shape index (κ2) is 12.4. The highest BCUT2D eigenvalue weighted by Gasteiger charge is 2.32. The molecule has 0 spiro atoms. The lowest BCUT2D eigenvalue weighted by atomic mass is 10.1. The van der Waals surface area contributed by atoms with Gasteiger partial charge in [0.05, 0.1) is 0 Å². The zero-order valence-corrected chi connectivity index (χ0v) is 14.1. The van der Waals surface area contributed by atoms with Crippen molar-refractivity contribution >= 4 is 17.8 Å². The Morgan fingerprint density at radius 3 is 2.00 bits per heavy atom. The van der Waals surface area contributed by atoms with E-state index in [1.54, 1.807) is 0 Å². The second-order valence-electron chi connectivity index (χ2n) is 5.93. The lowest BCUT2D eigenvalue weighted by Crippen LogP contribution is -2.31. The van der Waals surface area contributed by atoms with Crippen LogP contribution in [0.25, 0.3) is 10.4 Å². The number of imide groups is 1. The minimum Gasteiger partial charge on any atom is -0.330 e. The van der Waals surface area contributed by atoms with E-state index in [9.17, 15) is 14.4 Å². The lowest BCUT2D eigenvalue weighted by molar-refractivity contribution is -0.197. The van der Waals surface area contributed by atoms with E-state index in [0.29, 0.717) is 18.0 Å². The van der Waals surface area contributed by atoms with Gasteiger partial charge in [-0.25, -0.2) is 4.79 Å². The zero-order chi connectivity index (χ0) is 17.6. The number of hydrogen-bond acceptors (Lipinski definition) is 5. The number of nitrogens with zero attached hydrogens (tertiary/aromatic N) is 4. The molecule has 1 heterocycles. The predicted molar refractivity (Wildman–Crippen MR) is 87.4 cm³/mol. The molecule has 24 heavy (non-hydrogen) atoms. The minimum atomic E-state index is -0.515. The van der Waals surface area contributed by atoms with E-state index in [-0.39, 0.29) is 19.3 Å². The molecule has 1 rings (SSSR count). The van der Waals surface area contributed by atoms with Crippen molar-refractivity contribution in [3.05, 3.63) is 10.4 Å². The molecule has 0 saturated carbocycles. The Bertz CT molecular complexity index is 459. The first kappa shape index (κ1) is 20.0. The van der Waals surface area contributed by atoms with E-state index >= 15 is 0 Å². The number of carbonyl (C=O) groups excluding carboxylic acids is 3. The fourth-order valence-corrected chi connectivity index (χ4v) is 2.54. The van der Waals surface area contributed by atoms with Gasteiger partial charge in [0.1, 0.15) is 0 Å². The zero-order valence-electron chi connectivity index (χ0n) is 14.1. The lowest BCUT2D eigenvalue weighted by Gasteiger charge is -2.12. The van der Waals surface area contributed by atoms with Crippen LogP contribution in [0.5, 0.6) is 0 Å². The minimum absolute atomic E-state index is 0.123. The van der Waals surface area contributed by atoms with Crippen LogP contribution < -0.4 is 0 Å². The van der Waals surface area contributed by atoms with Gasteiger partial charge < -0.3 is 4.84 Å². The third-order valence-electron chi connectivity index (χ3n) is 3.90. The summed E-state index contributed by atoms with van der Waals surface area (Å²) in [6.07, 6.45) is 9.88. The third kappa shape index (κ3) is 8.53. The van der Waals surface area contributed by atoms with Crippen molar-refractivity contribution in [2.45, 2.75) is 77.0 Å². The van der Waals surface area contributed by atoms with E-state index in [4.69, 9.17) is 10.4 Å². The number of hydroxylamine groups is 2. The Morgan fingerprint density at radius 1 is 0.958 bits per heavy atom. The maximum atomic E-state index is 11.6. The maximum absolute atomic E-state index is 11.6. The maximum Gasteiger partial charge on any atom is 0.333 e. The van der Waals surface area contributed by atoms with Gasteiger partial charge in [0.15, 0.2) is 0 Å². The molecular weight excluding hydrogens is 312 g/mol. The highest BCUT2D eigenvalue weighted by Crippen LogP contribution is 2.14. The summed E-state index contributed by atoms with van der Waals surface area (Å²) in [6, 6.07) is 0. The monoisotopic (exact) mass is 338 g/mol. The third-order valence-corrected chi connectivity index (χ3v) is 3.90. The molecule has 0 radical (unpaired) electrons. The summed E-state index contributed by atoms with van der Waals surface area (Å²) in [7, 11) is 0. The normalized spacial score (nSPS) is 13.9. The first-order chi connectivity index (χ1) is 11.6. The molecule has 134 valence electrons. The molecule has 0 N–H and O–H groups in total. The SMILES string of the molecule is [N-]=[N+]=NCCCCCCCCCCCC(=O)ON1C(=O)CCC1=O. The molecule has 0 aromatic rings. The number of azide groups is 1. The van der Waals surface area contributed by atoms with Crippen molar-refractivity contribution < 1.29 is 19.2 Å². The van der Waals surface area contributed by atoms with Gasteiger partial charge in [0.2, 0.25) is 0 Å². The van der Waals surface area contributed by atoms with Crippen LogP contribution in [-0.2, 0) is 19.2 Å². The van der Waals surface area contributed by atoms with Gasteiger partial charge in [0, 0.05) is 30.7 Å². The van der Waals surface area contributed by atoms with Crippen LogP contribution in [0, 0.1) is 0 Å². The average Bonchev–Trinajstić information content (AvgIpc) is 2.88. The fourth-order valence-electron chi connectivity index (χ4n) is 2.54. The first-order valence-electron chi connectivity index (χ1n) is 8.72. The van der Waals surface area contributed by atoms with Crippen LogP contribution in [-0.4, -0.2) is 29.4 Å². The molecule has 8 heteroatoms. The number of unbranched alkanes of at least 4 members (excludes halogenated alkanes) is 8. The van der Waals surface area contributed by atoms with Gasteiger partial charge >= 0.3 is 5.97 Å². The van der Waals surface area contributed by atoms with Crippen molar-refractivity contribution in [1.29, 1.82) is 0 Å². The Kier molecular flexibility index (Phi) is 10.3. The quantitative estimate of drug-likeness (QED) is 0.167. The molecule has 0 bridgehead atoms. The highest BCUT2D eigenvalue weighted by atomic mass is 16.7. The van der Waals surface area contributed by atoms with E-state index in [1.807, 2.05) is 0 Å². The standard InChI is InChI=1S/C16H26N4O4/c17-19-18-13-9-7-5-3-1-2-4-6-8-10-16(23)24-20-14(21)11-12-15(20)22/h1-13H2. The van der Waals surface area contributed by atoms with Crippen LogP contribution in [0.2, 0.25) is 0 Å². The summed E-state index contributed by atoms with van der Waals surface area (Å²) < 4.78 is 0. The van der Waals surface area contributed by atoms with Gasteiger partial charge in [-0.05, 0) is 18.4 Å². The summed E-state index contributed by atoms with van der Waals surface area (Å²) in [4.78, 5) is 41.7. The van der Waals surface area contributed by atoms with Crippen molar-refractivity contribution in [2.24, 2.45) is 5.11 Å². The van der Waals surface area contributed by atoms with Crippen molar-refractivity contribution in [1.82, 2.24) is 5.06 Å². The van der Waals surface area contributed by atoms with Gasteiger partial charge in [-0.15, -0.1) is 5.06 Å². The largest absolute Gasteiger partial charge is 0.333 e. The molecule has 0 aromatic heterocycles. The molecular formula is C16H26N4O4. The molecule has 8 nitrogen and oxygen atoms in total. The van der Waals surface area contributed by atoms with Crippen LogP contribution >= 0.6 is 0 Å². The first-order valence-corrected chi connectivity index (χ1v) is 8.72. The average molecular weight is 338 g/mol. The Hall–Kier alpha value is -2.08. The molecule has 1 aliphatic heterocycles. The number of carbonyl (C=O) groups is 3. The van der Waals surface area contributed by atoms with Crippen LogP contribution in [0.4, 0.5) is 0 Å². The van der Waals surface area contributed by atoms with E-state index in [1.165, 1.54) is 12.8 Å². The molecule has 1 saturated heterocycles. The summed E-state index contributed by atoms with van der Waals surface area (Å²) in [5, 5.41) is 4.10. The number of rotatable bonds is 13. The van der Waals surface area contributed by atoms with Crippen LogP contribution in [0.15, 0.2) is 5.11 Å². The highest BCUT2D eigenvalue weighted by molar-refractivity contribution is 6.01. The molecule has 0 aliphatic carbocycles. The van der Waals surface area contributed by atoms with Crippen LogP contribution in [0.3, 0.4) is 0 Å². The van der Waals surface area contributed by atoms with E-state index in [2.05, 4.69) is 10.0 Å². The van der Waals surface area contributed by atoms with Crippen molar-refractivity contribution in [3.63, 3.8) is 0 Å². The number of amides is 2. The molecule has 1 aliphatic rings. The molecule has 0 unspecified atom stereocenters. The van der Waals surface area contributed by atoms with Gasteiger partial charge in [-0.3, -0.25) is 9.59 Å². The summed E-state index contributed by atoms with van der Waals surface area (Å²) >= 11 is 0. The summed E-state index contributed by atoms with van der Waals surface area (Å²) in [5.41, 5.74) is 8.14. The molecule has 0 aromatic carbocycles. The van der Waals surface area contributed by atoms with Crippen molar-refractivity contribution in [2.75, 3.05) is 6.54 Å². The Balaban J connectivity index is 1.89. The Labute approximate surface area is 142 Å².